The van der Waals surface area contributed by atoms with E-state index in [-0.39, 0.29) is 0 Å². The predicted octanol–water partition coefficient (Wildman–Crippen LogP) is 5.05. The van der Waals surface area contributed by atoms with Crippen molar-refractivity contribution in [3.05, 3.63) is 0 Å². The van der Waals surface area contributed by atoms with Gasteiger partial charge in [0, 0.05) is 6.04 Å². The Morgan fingerprint density at radius 3 is 2.06 bits per heavy atom. The van der Waals surface area contributed by atoms with Gasteiger partial charge in [0.1, 0.15) is 0 Å². The second-order valence-corrected chi connectivity index (χ2v) is 5.76. The summed E-state index contributed by atoms with van der Waals surface area (Å²) in [6.07, 6.45) is 18.8. The van der Waals surface area contributed by atoms with Crippen LogP contribution in [0, 0.1) is 0 Å². The average molecular weight is 239 g/mol. The summed E-state index contributed by atoms with van der Waals surface area (Å²) in [6, 6.07) is 0.855. The lowest BCUT2D eigenvalue weighted by molar-refractivity contribution is 0.370. The van der Waals surface area contributed by atoms with Crippen molar-refractivity contribution < 1.29 is 0 Å². The van der Waals surface area contributed by atoms with Crippen molar-refractivity contribution in [2.75, 3.05) is 6.54 Å². The molecule has 1 heterocycles. The molecule has 102 valence electrons. The van der Waals surface area contributed by atoms with Gasteiger partial charge in [0.05, 0.1) is 0 Å². The number of hydrogen-bond acceptors (Lipinski definition) is 1. The fraction of sp³-hybridized carbons (Fsp3) is 1.00. The van der Waals surface area contributed by atoms with Crippen LogP contribution in [0.2, 0.25) is 0 Å². The van der Waals surface area contributed by atoms with E-state index in [0.717, 1.165) is 6.04 Å². The van der Waals surface area contributed by atoms with E-state index >= 15 is 0 Å². The van der Waals surface area contributed by atoms with E-state index < -0.39 is 0 Å². The topological polar surface area (TPSA) is 12.0 Å². The van der Waals surface area contributed by atoms with Crippen LogP contribution in [0.3, 0.4) is 0 Å². The van der Waals surface area contributed by atoms with Crippen molar-refractivity contribution in [2.24, 2.45) is 0 Å². The Labute approximate surface area is 109 Å². The summed E-state index contributed by atoms with van der Waals surface area (Å²) in [5.41, 5.74) is 0. The highest BCUT2D eigenvalue weighted by Gasteiger charge is 2.11. The van der Waals surface area contributed by atoms with Gasteiger partial charge in [-0.05, 0) is 25.8 Å². The quantitative estimate of drug-likeness (QED) is 0.526. The summed E-state index contributed by atoms with van der Waals surface area (Å²) in [7, 11) is 0. The molecule has 1 atom stereocenters. The Hall–Kier alpha value is -0.0400. The molecule has 1 rings (SSSR count). The molecule has 1 nitrogen and oxygen atoms in total. The first-order valence-corrected chi connectivity index (χ1v) is 8.17. The minimum atomic E-state index is 0.855. The van der Waals surface area contributed by atoms with Crippen molar-refractivity contribution in [1.82, 2.24) is 5.32 Å². The lowest BCUT2D eigenvalue weighted by atomic mass is 9.98. The third-order valence-corrected chi connectivity index (χ3v) is 4.07. The van der Waals surface area contributed by atoms with Crippen LogP contribution in [0.25, 0.3) is 0 Å². The monoisotopic (exact) mass is 239 g/mol. The summed E-state index contributed by atoms with van der Waals surface area (Å²) >= 11 is 0. The van der Waals surface area contributed by atoms with E-state index in [1.807, 2.05) is 0 Å². The number of hydrogen-bond donors (Lipinski definition) is 1. The number of unbranched alkanes of at least 4 members (excludes halogenated alkanes) is 8. The van der Waals surface area contributed by atoms with Gasteiger partial charge >= 0.3 is 0 Å². The number of rotatable bonds is 10. The smallest absolute Gasteiger partial charge is 0.00670 e. The minimum Gasteiger partial charge on any atom is -0.314 e. The van der Waals surface area contributed by atoms with Crippen LogP contribution in [0.5, 0.6) is 0 Å². The molecule has 1 aliphatic heterocycles. The molecule has 1 heteroatoms. The molecule has 0 saturated carbocycles. The lowest BCUT2D eigenvalue weighted by Gasteiger charge is -2.23. The summed E-state index contributed by atoms with van der Waals surface area (Å²) in [6.45, 7) is 3.56. The first-order valence-electron chi connectivity index (χ1n) is 8.17. The van der Waals surface area contributed by atoms with Gasteiger partial charge in [-0.3, -0.25) is 0 Å². The van der Waals surface area contributed by atoms with Crippen LogP contribution in [-0.4, -0.2) is 12.6 Å². The molecule has 0 aromatic carbocycles. The largest absolute Gasteiger partial charge is 0.314 e. The third kappa shape index (κ3) is 8.65. The van der Waals surface area contributed by atoms with E-state index in [4.69, 9.17) is 0 Å². The van der Waals surface area contributed by atoms with Crippen LogP contribution in [0.4, 0.5) is 0 Å². The van der Waals surface area contributed by atoms with Crippen molar-refractivity contribution in [1.29, 1.82) is 0 Å². The number of nitrogens with one attached hydrogen (secondary N) is 1. The summed E-state index contributed by atoms with van der Waals surface area (Å²) < 4.78 is 0. The Morgan fingerprint density at radius 2 is 1.47 bits per heavy atom. The highest BCUT2D eigenvalue weighted by atomic mass is 14.9. The fourth-order valence-corrected chi connectivity index (χ4v) is 2.87. The van der Waals surface area contributed by atoms with Crippen molar-refractivity contribution in [3.63, 3.8) is 0 Å². The maximum atomic E-state index is 3.64. The summed E-state index contributed by atoms with van der Waals surface area (Å²) in [4.78, 5) is 0. The standard InChI is InChI=1S/C16H33N/c1-2-3-4-5-6-7-8-9-10-13-16-14-11-12-15-17-16/h16-17H,2-15H2,1H3/t16-/m1/s1. The van der Waals surface area contributed by atoms with Crippen LogP contribution < -0.4 is 5.32 Å². The first-order chi connectivity index (χ1) is 8.43. The minimum absolute atomic E-state index is 0.855. The maximum Gasteiger partial charge on any atom is 0.00670 e. The predicted molar refractivity (Wildman–Crippen MR) is 77.5 cm³/mol. The van der Waals surface area contributed by atoms with Gasteiger partial charge in [-0.15, -0.1) is 0 Å². The van der Waals surface area contributed by atoms with E-state index in [9.17, 15) is 0 Å². The number of piperidine rings is 1. The van der Waals surface area contributed by atoms with Crippen LogP contribution in [0.15, 0.2) is 0 Å². The van der Waals surface area contributed by atoms with E-state index in [2.05, 4.69) is 12.2 Å². The third-order valence-electron chi connectivity index (χ3n) is 4.07. The molecule has 0 spiro atoms. The molecule has 0 aliphatic carbocycles. The zero-order valence-electron chi connectivity index (χ0n) is 12.0. The molecule has 0 unspecified atom stereocenters. The second-order valence-electron chi connectivity index (χ2n) is 5.76. The lowest BCUT2D eigenvalue weighted by Crippen LogP contribution is -2.33. The van der Waals surface area contributed by atoms with Gasteiger partial charge < -0.3 is 5.32 Å². The first kappa shape index (κ1) is 15.0. The maximum absolute atomic E-state index is 3.64. The van der Waals surface area contributed by atoms with Gasteiger partial charge in [-0.1, -0.05) is 71.1 Å². The van der Waals surface area contributed by atoms with Crippen molar-refractivity contribution in [2.45, 2.75) is 96.4 Å². The van der Waals surface area contributed by atoms with Crippen molar-refractivity contribution in [3.8, 4) is 0 Å². The molecule has 0 radical (unpaired) electrons. The van der Waals surface area contributed by atoms with E-state index in [1.54, 1.807) is 0 Å². The van der Waals surface area contributed by atoms with Gasteiger partial charge in [0.2, 0.25) is 0 Å². The normalized spacial score (nSPS) is 20.6. The van der Waals surface area contributed by atoms with Crippen molar-refractivity contribution >= 4 is 0 Å². The van der Waals surface area contributed by atoms with Gasteiger partial charge in [-0.25, -0.2) is 0 Å². The van der Waals surface area contributed by atoms with Gasteiger partial charge in [0.15, 0.2) is 0 Å². The molecular weight excluding hydrogens is 206 g/mol. The Kier molecular flexibility index (Phi) is 9.78. The van der Waals surface area contributed by atoms with E-state index in [1.165, 1.54) is 90.0 Å². The second kappa shape index (κ2) is 11.1. The molecule has 0 bridgehead atoms. The molecule has 0 amide bonds. The Bertz CT molecular complexity index is 150. The zero-order valence-corrected chi connectivity index (χ0v) is 12.0. The van der Waals surface area contributed by atoms with Crippen LogP contribution >= 0.6 is 0 Å². The molecule has 1 fully saturated rings. The molecule has 0 aromatic heterocycles. The zero-order chi connectivity index (χ0) is 12.2. The molecule has 17 heavy (non-hydrogen) atoms. The molecular formula is C16H33N. The highest BCUT2D eigenvalue weighted by Crippen LogP contribution is 2.15. The fourth-order valence-electron chi connectivity index (χ4n) is 2.87. The highest BCUT2D eigenvalue weighted by molar-refractivity contribution is 4.71. The molecule has 1 N–H and O–H groups in total. The van der Waals surface area contributed by atoms with Gasteiger partial charge in [-0.2, -0.15) is 0 Å². The Balaban J connectivity index is 1.75. The van der Waals surface area contributed by atoms with Gasteiger partial charge in [0.25, 0.3) is 0 Å². The molecule has 0 aromatic rings. The average Bonchev–Trinajstić information content (AvgIpc) is 2.38. The van der Waals surface area contributed by atoms with E-state index in [0.29, 0.717) is 0 Å². The van der Waals surface area contributed by atoms with Crippen LogP contribution in [0.1, 0.15) is 90.4 Å². The summed E-state index contributed by atoms with van der Waals surface area (Å²) in [5.74, 6) is 0. The summed E-state index contributed by atoms with van der Waals surface area (Å²) in [5, 5.41) is 3.64. The van der Waals surface area contributed by atoms with Crippen LogP contribution in [-0.2, 0) is 0 Å². The Morgan fingerprint density at radius 1 is 0.824 bits per heavy atom. The molecule has 1 saturated heterocycles. The molecule has 1 aliphatic rings. The SMILES string of the molecule is CCCCCCCCCCC[C@@H]1CCCCN1.